The van der Waals surface area contributed by atoms with Crippen molar-refractivity contribution in [2.75, 3.05) is 10.6 Å². The number of hydrogen-bond donors (Lipinski definition) is 3. The second kappa shape index (κ2) is 14.1. The van der Waals surface area contributed by atoms with Crippen molar-refractivity contribution in [2.24, 2.45) is 14.1 Å². The summed E-state index contributed by atoms with van der Waals surface area (Å²) in [5.41, 5.74) is -0.719. The molecule has 0 unspecified atom stereocenters. The molecule has 0 fully saturated rings. The predicted octanol–water partition coefficient (Wildman–Crippen LogP) is 7.18. The molecule has 0 spiro atoms. The Kier molecular flexibility index (Phi) is 9.63. The number of anilines is 2. The number of ether oxygens (including phenoxy) is 2. The molecular weight excluding hydrogens is 764 g/mol. The third-order valence-corrected chi connectivity index (χ3v) is 7.80. The molecular formula is C34H17F10N5O6. The molecule has 6 aromatic rings. The van der Waals surface area contributed by atoms with Gasteiger partial charge in [0, 0.05) is 43.0 Å². The van der Waals surface area contributed by atoms with E-state index in [-0.39, 0.29) is 22.6 Å². The zero-order valence-electron chi connectivity index (χ0n) is 27.2. The Balaban J connectivity index is 1.13. The summed E-state index contributed by atoms with van der Waals surface area (Å²) >= 11 is 0. The fourth-order valence-electron chi connectivity index (χ4n) is 5.11. The Bertz CT molecular complexity index is 2430. The van der Waals surface area contributed by atoms with E-state index in [9.17, 15) is 63.1 Å². The van der Waals surface area contributed by atoms with E-state index in [0.717, 1.165) is 21.3 Å². The average Bonchev–Trinajstić information content (AvgIpc) is 3.87. The zero-order chi connectivity index (χ0) is 40.2. The number of benzene rings is 3. The molecule has 55 heavy (non-hydrogen) atoms. The molecule has 0 saturated heterocycles. The Hall–Kier alpha value is -7.06. The summed E-state index contributed by atoms with van der Waals surface area (Å²) in [4.78, 5) is 53.9. The van der Waals surface area contributed by atoms with Gasteiger partial charge in [0.1, 0.15) is 17.1 Å². The number of aromatic amines is 1. The van der Waals surface area contributed by atoms with Crippen LogP contribution in [0.2, 0.25) is 0 Å². The van der Waals surface area contributed by atoms with Crippen LogP contribution in [0.15, 0.2) is 48.8 Å². The molecule has 21 heteroatoms. The molecule has 284 valence electrons. The summed E-state index contributed by atoms with van der Waals surface area (Å²) < 4.78 is 148. The topological polar surface area (TPSA) is 136 Å². The van der Waals surface area contributed by atoms with E-state index < -0.39 is 105 Å². The molecule has 3 aromatic carbocycles. The van der Waals surface area contributed by atoms with Gasteiger partial charge in [-0.25, -0.2) is 35.9 Å². The second-order valence-corrected chi connectivity index (χ2v) is 11.4. The highest BCUT2D eigenvalue weighted by atomic mass is 19.2. The molecule has 3 N–H and O–H groups in total. The van der Waals surface area contributed by atoms with E-state index in [2.05, 4.69) is 25.1 Å². The Morgan fingerprint density at radius 2 is 0.945 bits per heavy atom. The molecule has 0 bridgehead atoms. The van der Waals surface area contributed by atoms with Gasteiger partial charge in [0.05, 0.1) is 11.4 Å². The standard InChI is InChI=1S/C34H17F10N5O6/c1-48-9-13(7-17(48)33(52)54-29-25(41)21(37)19(35)22(38)26(29)42)45-31(50)11-3-4-15-12(5-11)6-16(47-15)32(51)46-14-8-18(49(2)10-14)34(53)55-30-27(43)23(39)20(36)24(40)28(30)44/h3-10,47H,1-2H3,(H,45,50)(H,46,51). The number of esters is 2. The third-order valence-electron chi connectivity index (χ3n) is 7.80. The minimum absolute atomic E-state index is 0.0212. The van der Waals surface area contributed by atoms with Crippen LogP contribution in [0.25, 0.3) is 10.9 Å². The lowest BCUT2D eigenvalue weighted by molar-refractivity contribution is 0.0697. The van der Waals surface area contributed by atoms with Crippen LogP contribution in [0.5, 0.6) is 11.5 Å². The maximum atomic E-state index is 14.0. The van der Waals surface area contributed by atoms with Crippen LogP contribution < -0.4 is 20.1 Å². The fraction of sp³-hybridized carbons (Fsp3) is 0.0588. The van der Waals surface area contributed by atoms with Crippen LogP contribution in [0.3, 0.4) is 0 Å². The Morgan fingerprint density at radius 1 is 0.545 bits per heavy atom. The van der Waals surface area contributed by atoms with Crippen molar-refractivity contribution in [1.82, 2.24) is 14.1 Å². The van der Waals surface area contributed by atoms with Crippen LogP contribution in [-0.4, -0.2) is 37.9 Å². The first-order valence-electron chi connectivity index (χ1n) is 14.9. The summed E-state index contributed by atoms with van der Waals surface area (Å²) in [6.07, 6.45) is 2.35. The highest BCUT2D eigenvalue weighted by molar-refractivity contribution is 6.09. The smallest absolute Gasteiger partial charge is 0.360 e. The number of H-pyrrole nitrogens is 1. The highest BCUT2D eigenvalue weighted by Gasteiger charge is 2.31. The van der Waals surface area contributed by atoms with E-state index in [1.54, 1.807) is 0 Å². The van der Waals surface area contributed by atoms with Crippen molar-refractivity contribution in [2.45, 2.75) is 0 Å². The molecule has 6 rings (SSSR count). The van der Waals surface area contributed by atoms with Crippen molar-refractivity contribution in [3.63, 3.8) is 0 Å². The Morgan fingerprint density at radius 3 is 1.38 bits per heavy atom. The molecule has 0 atom stereocenters. The maximum Gasteiger partial charge on any atom is 0.360 e. The van der Waals surface area contributed by atoms with Gasteiger partial charge >= 0.3 is 11.9 Å². The van der Waals surface area contributed by atoms with Crippen LogP contribution in [0, 0.1) is 58.2 Å². The molecule has 0 radical (unpaired) electrons. The average molecular weight is 782 g/mol. The molecule has 3 aromatic heterocycles. The molecule has 3 heterocycles. The van der Waals surface area contributed by atoms with Gasteiger partial charge in [-0.15, -0.1) is 0 Å². The lowest BCUT2D eigenvalue weighted by Crippen LogP contribution is -2.16. The minimum atomic E-state index is -2.45. The van der Waals surface area contributed by atoms with Crippen LogP contribution in [0.1, 0.15) is 41.8 Å². The Labute approximate surface area is 298 Å². The minimum Gasteiger partial charge on any atom is -0.415 e. The van der Waals surface area contributed by atoms with Crippen molar-refractivity contribution in [1.29, 1.82) is 0 Å². The highest BCUT2D eigenvalue weighted by Crippen LogP contribution is 2.32. The van der Waals surface area contributed by atoms with Crippen LogP contribution >= 0.6 is 0 Å². The molecule has 0 aliphatic carbocycles. The van der Waals surface area contributed by atoms with E-state index in [1.165, 1.54) is 50.8 Å². The lowest BCUT2D eigenvalue weighted by Gasteiger charge is -2.09. The van der Waals surface area contributed by atoms with E-state index in [4.69, 9.17) is 0 Å². The van der Waals surface area contributed by atoms with Gasteiger partial charge in [0.25, 0.3) is 11.8 Å². The van der Waals surface area contributed by atoms with E-state index >= 15 is 0 Å². The number of aromatic nitrogens is 3. The molecule has 11 nitrogen and oxygen atoms in total. The number of carbonyl (C=O) groups is 4. The van der Waals surface area contributed by atoms with Crippen molar-refractivity contribution < 1.29 is 72.6 Å². The van der Waals surface area contributed by atoms with Crippen LogP contribution in [-0.2, 0) is 14.1 Å². The van der Waals surface area contributed by atoms with Crippen LogP contribution in [0.4, 0.5) is 55.3 Å². The number of amides is 2. The predicted molar refractivity (Wildman–Crippen MR) is 167 cm³/mol. The largest absolute Gasteiger partial charge is 0.415 e. The number of aryl methyl sites for hydroxylation is 2. The van der Waals surface area contributed by atoms with Gasteiger partial charge in [-0.2, -0.15) is 17.6 Å². The number of carbonyl (C=O) groups excluding carboxylic acids is 4. The summed E-state index contributed by atoms with van der Waals surface area (Å²) in [7, 11) is 2.51. The number of hydrogen-bond acceptors (Lipinski definition) is 6. The van der Waals surface area contributed by atoms with Gasteiger partial charge < -0.3 is 34.2 Å². The monoisotopic (exact) mass is 781 g/mol. The summed E-state index contributed by atoms with van der Waals surface area (Å²) in [6.45, 7) is 0. The van der Waals surface area contributed by atoms with Crippen molar-refractivity contribution in [3.8, 4) is 11.5 Å². The van der Waals surface area contributed by atoms with E-state index in [1.807, 2.05) is 0 Å². The lowest BCUT2D eigenvalue weighted by atomic mass is 10.1. The third kappa shape index (κ3) is 6.82. The first-order valence-corrected chi connectivity index (χ1v) is 14.9. The number of halogens is 10. The first-order chi connectivity index (χ1) is 25.9. The van der Waals surface area contributed by atoms with Crippen molar-refractivity contribution in [3.05, 3.63) is 130 Å². The molecule has 0 aliphatic heterocycles. The van der Waals surface area contributed by atoms with Crippen molar-refractivity contribution >= 4 is 46.0 Å². The fourth-order valence-corrected chi connectivity index (χ4v) is 5.11. The van der Waals surface area contributed by atoms with E-state index in [0.29, 0.717) is 10.9 Å². The molecule has 2 amide bonds. The van der Waals surface area contributed by atoms with Gasteiger partial charge in [0.15, 0.2) is 0 Å². The number of nitrogens with zero attached hydrogens (tertiary/aromatic N) is 2. The number of rotatable bonds is 8. The number of fused-ring (bicyclic) bond motifs is 1. The summed E-state index contributed by atoms with van der Waals surface area (Å²) in [6, 6.07) is 7.45. The molecule has 0 aliphatic rings. The maximum absolute atomic E-state index is 14.0. The van der Waals surface area contributed by atoms with Gasteiger partial charge in [-0.1, -0.05) is 0 Å². The zero-order valence-corrected chi connectivity index (χ0v) is 27.2. The first kappa shape index (κ1) is 37.7. The number of nitrogens with one attached hydrogen (secondary N) is 3. The van der Waals surface area contributed by atoms with Gasteiger partial charge in [-0.3, -0.25) is 9.59 Å². The SMILES string of the molecule is Cn1cc(NC(=O)c2ccc3[nH]c(C(=O)Nc4cc(C(=O)Oc5c(F)c(F)c(F)c(F)c5F)n(C)c4)cc3c2)cc1C(=O)Oc1c(F)c(F)c(F)c(F)c1F. The second-order valence-electron chi connectivity index (χ2n) is 11.4. The normalized spacial score (nSPS) is 11.2. The quantitative estimate of drug-likeness (QED) is 0.0493. The van der Waals surface area contributed by atoms with Gasteiger partial charge in [0.2, 0.25) is 69.7 Å². The summed E-state index contributed by atoms with van der Waals surface area (Å²) in [5, 5.41) is 5.21. The molecule has 0 saturated carbocycles. The van der Waals surface area contributed by atoms with Gasteiger partial charge in [-0.05, 0) is 36.4 Å². The summed E-state index contributed by atoms with van der Waals surface area (Å²) in [5.74, 6) is -32.0.